The van der Waals surface area contributed by atoms with Crippen LogP contribution in [0.4, 0.5) is 0 Å². The fourth-order valence-electron chi connectivity index (χ4n) is 3.02. The summed E-state index contributed by atoms with van der Waals surface area (Å²) >= 11 is 0. The highest BCUT2D eigenvalue weighted by Gasteiger charge is 2.20. The van der Waals surface area contributed by atoms with Gasteiger partial charge in [-0.3, -0.25) is 4.79 Å². The van der Waals surface area contributed by atoms with E-state index in [0.717, 1.165) is 21.9 Å². The Balaban J connectivity index is 2.23. The third-order valence-electron chi connectivity index (χ3n) is 4.03. The predicted octanol–water partition coefficient (Wildman–Crippen LogP) is 2.08. The van der Waals surface area contributed by atoms with Gasteiger partial charge in [0.15, 0.2) is 5.78 Å². The van der Waals surface area contributed by atoms with Gasteiger partial charge in [0, 0.05) is 12.2 Å². The molecule has 2 aliphatic rings. The lowest BCUT2D eigenvalue weighted by atomic mass is 9.88. The van der Waals surface area contributed by atoms with Gasteiger partial charge in [-0.15, -0.1) is 0 Å². The van der Waals surface area contributed by atoms with Crippen LogP contribution in [0.25, 0.3) is 17.7 Å². The molecular weight excluding hydrogens is 272 g/mol. The van der Waals surface area contributed by atoms with E-state index in [2.05, 4.69) is 0 Å². The van der Waals surface area contributed by atoms with E-state index in [1.807, 2.05) is 36.4 Å². The Bertz CT molecular complexity index is 1030. The molecule has 22 heavy (non-hydrogen) atoms. The highest BCUT2D eigenvalue weighted by atomic mass is 16.3. The molecule has 0 fully saturated rings. The Morgan fingerprint density at radius 3 is 2.95 bits per heavy atom. The molecule has 1 N–H and O–H groups in total. The van der Waals surface area contributed by atoms with E-state index in [1.54, 1.807) is 30.4 Å². The van der Waals surface area contributed by atoms with Crippen molar-refractivity contribution in [3.63, 3.8) is 0 Å². The quantitative estimate of drug-likeness (QED) is 0.872. The second-order valence-corrected chi connectivity index (χ2v) is 5.32. The Morgan fingerprint density at radius 2 is 2.05 bits per heavy atom. The van der Waals surface area contributed by atoms with Crippen LogP contribution in [-0.2, 0) is 11.2 Å². The number of carbonyl (C=O) groups excluding carboxylic acids is 1. The summed E-state index contributed by atoms with van der Waals surface area (Å²) in [6, 6.07) is 11.1. The van der Waals surface area contributed by atoms with Crippen LogP contribution in [0, 0.1) is 0 Å². The molecule has 2 aromatic carbocycles. The SMILES string of the molecule is [2H]Oc1ccc2c(/c1=C1\C(=O)C=Cc3ccccc31)=CC=CC2[2H]. The molecule has 0 aliphatic heterocycles. The number of allylic oxidation sites excluding steroid dienone is 3. The minimum atomic E-state index is -0.492. The summed E-state index contributed by atoms with van der Waals surface area (Å²) in [5.41, 5.74) is 3.10. The van der Waals surface area contributed by atoms with Crippen molar-refractivity contribution in [2.24, 2.45) is 0 Å². The summed E-state index contributed by atoms with van der Waals surface area (Å²) in [6.07, 6.45) is 8.32. The lowest BCUT2D eigenvalue weighted by Gasteiger charge is -2.15. The summed E-state index contributed by atoms with van der Waals surface area (Å²) in [5.74, 6) is 0.200. The van der Waals surface area contributed by atoms with Gasteiger partial charge in [-0.1, -0.05) is 54.6 Å². The van der Waals surface area contributed by atoms with Crippen molar-refractivity contribution >= 4 is 23.5 Å². The molecule has 2 aromatic rings. The van der Waals surface area contributed by atoms with Crippen molar-refractivity contribution in [3.8, 4) is 5.75 Å². The summed E-state index contributed by atoms with van der Waals surface area (Å²) in [4.78, 5) is 12.7. The Morgan fingerprint density at radius 1 is 1.14 bits per heavy atom. The summed E-state index contributed by atoms with van der Waals surface area (Å²) in [5, 5.41) is 6.17. The largest absolute Gasteiger partial charge is 0.507 e. The number of carbonyl (C=O) groups is 1. The molecule has 1 atom stereocenters. The van der Waals surface area contributed by atoms with Crippen molar-refractivity contribution in [2.45, 2.75) is 6.40 Å². The first kappa shape index (κ1) is 10.8. The molecule has 4 rings (SSSR count). The van der Waals surface area contributed by atoms with Gasteiger partial charge in [-0.05, 0) is 40.4 Å². The number of benzene rings is 2. The number of phenolic OH excluding ortho intramolecular Hbond substituents is 1. The van der Waals surface area contributed by atoms with Crippen molar-refractivity contribution in [3.05, 3.63) is 81.8 Å². The van der Waals surface area contributed by atoms with Gasteiger partial charge >= 0.3 is 0 Å². The maximum absolute atomic E-state index is 12.7. The molecule has 106 valence electrons. The van der Waals surface area contributed by atoms with Gasteiger partial charge in [0.1, 0.15) is 5.75 Å². The number of phenols is 1. The lowest BCUT2D eigenvalue weighted by molar-refractivity contribution is -0.109. The van der Waals surface area contributed by atoms with Crippen LogP contribution in [0.15, 0.2) is 54.6 Å². The number of hydrogen-bond acceptors (Lipinski definition) is 2. The Kier molecular flexibility index (Phi) is 2.38. The van der Waals surface area contributed by atoms with Gasteiger partial charge in [0.25, 0.3) is 1.43 Å². The van der Waals surface area contributed by atoms with Crippen molar-refractivity contribution in [1.82, 2.24) is 0 Å². The van der Waals surface area contributed by atoms with Crippen molar-refractivity contribution < 1.29 is 11.3 Å². The summed E-state index contributed by atoms with van der Waals surface area (Å²) in [7, 11) is 0. The molecule has 0 spiro atoms. The van der Waals surface area contributed by atoms with Crippen LogP contribution in [0.1, 0.15) is 18.1 Å². The zero-order valence-corrected chi connectivity index (χ0v) is 11.7. The van der Waals surface area contributed by atoms with Crippen LogP contribution in [0.2, 0.25) is 0 Å². The minimum Gasteiger partial charge on any atom is -0.507 e. The number of aromatic hydroxyl groups is 1. The van der Waals surface area contributed by atoms with Crippen LogP contribution in [-0.4, -0.2) is 12.3 Å². The second kappa shape index (κ2) is 4.85. The number of rotatable bonds is 1. The fourth-order valence-corrected chi connectivity index (χ4v) is 3.02. The van der Waals surface area contributed by atoms with E-state index in [4.69, 9.17) is 7.91 Å². The third-order valence-corrected chi connectivity index (χ3v) is 4.03. The zero-order chi connectivity index (χ0) is 16.7. The van der Waals surface area contributed by atoms with E-state index in [-0.39, 0.29) is 5.78 Å². The van der Waals surface area contributed by atoms with E-state index in [9.17, 15) is 4.79 Å². The smallest absolute Gasteiger partial charge is 0.293 e. The number of fused-ring (bicyclic) bond motifs is 2. The van der Waals surface area contributed by atoms with Gasteiger partial charge in [0.05, 0.1) is 0 Å². The molecule has 0 aromatic heterocycles. The lowest BCUT2D eigenvalue weighted by Crippen LogP contribution is -2.34. The molecule has 0 saturated carbocycles. The van der Waals surface area contributed by atoms with E-state index < -0.39 is 6.40 Å². The van der Waals surface area contributed by atoms with E-state index in [1.165, 1.54) is 0 Å². The predicted molar refractivity (Wildman–Crippen MR) is 87.7 cm³/mol. The normalized spacial score (nSPS) is 22.2. The first-order valence-electron chi connectivity index (χ1n) is 8.12. The van der Waals surface area contributed by atoms with Crippen LogP contribution in [0.5, 0.6) is 5.75 Å². The van der Waals surface area contributed by atoms with Crippen LogP contribution < -0.4 is 10.4 Å². The van der Waals surface area contributed by atoms with E-state index in [0.29, 0.717) is 16.5 Å². The maximum Gasteiger partial charge on any atom is 0.293 e. The molecule has 0 saturated heterocycles. The minimum absolute atomic E-state index is 0.120. The molecule has 0 amide bonds. The summed E-state index contributed by atoms with van der Waals surface area (Å²) in [6.45, 7) is 0. The first-order valence-corrected chi connectivity index (χ1v) is 7.13. The molecule has 0 radical (unpaired) electrons. The standard InChI is InChI=1S/C20H14O2/c21-17-11-9-13-5-1-3-7-15(13)19(17)20-16-8-4-2-6-14(16)10-12-18(20)22/h1-5,7-12,22H,6H2/b20-19+/i6D/hD. The van der Waals surface area contributed by atoms with Gasteiger partial charge in [-0.25, -0.2) is 0 Å². The molecule has 0 heterocycles. The number of ketones is 1. The van der Waals surface area contributed by atoms with Gasteiger partial charge < -0.3 is 5.11 Å². The Labute approximate surface area is 130 Å². The van der Waals surface area contributed by atoms with Gasteiger partial charge in [0.2, 0.25) is 0 Å². The number of hydrogen-bond donors (Lipinski definition) is 1. The van der Waals surface area contributed by atoms with Gasteiger partial charge in [-0.2, -0.15) is 0 Å². The molecule has 2 nitrogen and oxygen atoms in total. The molecular formula is C20H14O2. The highest BCUT2D eigenvalue weighted by molar-refractivity contribution is 6.29. The first-order chi connectivity index (χ1) is 11.7. The average molecular weight is 288 g/mol. The maximum atomic E-state index is 12.7. The van der Waals surface area contributed by atoms with E-state index >= 15 is 0 Å². The van der Waals surface area contributed by atoms with Crippen molar-refractivity contribution in [1.29, 1.82) is 1.43 Å². The van der Waals surface area contributed by atoms with Crippen LogP contribution >= 0.6 is 0 Å². The molecule has 0 bridgehead atoms. The van der Waals surface area contributed by atoms with Crippen molar-refractivity contribution in [2.75, 3.05) is 0 Å². The monoisotopic (exact) mass is 288 g/mol. The molecule has 2 heteroatoms. The topological polar surface area (TPSA) is 37.3 Å². The molecule has 2 aliphatic carbocycles. The Hall–Kier alpha value is -2.87. The summed E-state index contributed by atoms with van der Waals surface area (Å²) < 4.78 is 15.6. The third kappa shape index (κ3) is 1.85. The highest BCUT2D eigenvalue weighted by Crippen LogP contribution is 2.25. The average Bonchev–Trinajstić information content (AvgIpc) is 2.61. The zero-order valence-electron chi connectivity index (χ0n) is 13.7. The second-order valence-electron chi connectivity index (χ2n) is 5.32. The molecule has 1 unspecified atom stereocenters. The van der Waals surface area contributed by atoms with Crippen LogP contribution in [0.3, 0.4) is 0 Å². The fraction of sp³-hybridized carbons (Fsp3) is 0.0500.